The van der Waals surface area contributed by atoms with Gasteiger partial charge in [-0.15, -0.1) is 0 Å². The molecule has 2 rings (SSSR count). The Hall–Kier alpha value is -2.05. The summed E-state index contributed by atoms with van der Waals surface area (Å²) in [7, 11) is 0. The molecule has 0 saturated heterocycles. The standard InChI is InChI=1S/C9H7F3N4/c10-9(11,12)6-3-14-2-1-5(6)7-4-15-8(13)16-7/h1-4H,(H3,13,15,16). The summed E-state index contributed by atoms with van der Waals surface area (Å²) in [6.45, 7) is 0. The molecule has 0 saturated carbocycles. The van der Waals surface area contributed by atoms with Crippen LogP contribution in [0.2, 0.25) is 0 Å². The molecular formula is C9H7F3N4. The number of nitrogen functional groups attached to an aromatic ring is 1. The summed E-state index contributed by atoms with van der Waals surface area (Å²) in [5.41, 5.74) is 4.68. The average molecular weight is 228 g/mol. The second-order valence-corrected chi connectivity index (χ2v) is 3.10. The zero-order valence-electron chi connectivity index (χ0n) is 7.92. The third-order valence-corrected chi connectivity index (χ3v) is 2.01. The average Bonchev–Trinajstić information content (AvgIpc) is 2.64. The minimum absolute atomic E-state index is 0.0216. The Kier molecular flexibility index (Phi) is 2.30. The van der Waals surface area contributed by atoms with Crippen molar-refractivity contribution in [3.05, 3.63) is 30.2 Å². The highest BCUT2D eigenvalue weighted by molar-refractivity contribution is 5.64. The number of hydrogen-bond acceptors (Lipinski definition) is 3. The van der Waals surface area contributed by atoms with Gasteiger partial charge in [0.05, 0.1) is 17.5 Å². The lowest BCUT2D eigenvalue weighted by molar-refractivity contribution is -0.137. The molecule has 0 radical (unpaired) electrons. The molecule has 0 spiro atoms. The van der Waals surface area contributed by atoms with Gasteiger partial charge in [0.1, 0.15) is 0 Å². The lowest BCUT2D eigenvalue weighted by Crippen LogP contribution is -2.07. The maximum atomic E-state index is 12.6. The molecule has 0 aliphatic carbocycles. The quantitative estimate of drug-likeness (QED) is 0.785. The molecule has 0 aliphatic heterocycles. The van der Waals surface area contributed by atoms with E-state index in [0.717, 1.165) is 6.20 Å². The van der Waals surface area contributed by atoms with Crippen molar-refractivity contribution in [2.75, 3.05) is 5.73 Å². The van der Waals surface area contributed by atoms with Crippen molar-refractivity contribution in [1.82, 2.24) is 15.0 Å². The summed E-state index contributed by atoms with van der Waals surface area (Å²) >= 11 is 0. The monoisotopic (exact) mass is 228 g/mol. The van der Waals surface area contributed by atoms with Crippen molar-refractivity contribution in [3.63, 3.8) is 0 Å². The van der Waals surface area contributed by atoms with Crippen molar-refractivity contribution in [1.29, 1.82) is 0 Å². The van der Waals surface area contributed by atoms with Gasteiger partial charge in [0.15, 0.2) is 5.95 Å². The van der Waals surface area contributed by atoms with Gasteiger partial charge in [-0.3, -0.25) is 4.98 Å². The number of nitrogens with two attached hydrogens (primary N) is 1. The SMILES string of the molecule is Nc1ncc(-c2ccncc2C(F)(F)F)[nH]1. The molecule has 84 valence electrons. The third-order valence-electron chi connectivity index (χ3n) is 2.01. The Morgan fingerprint density at radius 1 is 1.25 bits per heavy atom. The number of pyridine rings is 1. The summed E-state index contributed by atoms with van der Waals surface area (Å²) in [5.74, 6) is 0.0694. The predicted octanol–water partition coefficient (Wildman–Crippen LogP) is 2.07. The van der Waals surface area contributed by atoms with E-state index >= 15 is 0 Å². The van der Waals surface area contributed by atoms with Crippen LogP contribution in [0, 0.1) is 0 Å². The van der Waals surface area contributed by atoms with Crippen molar-refractivity contribution in [2.24, 2.45) is 0 Å². The van der Waals surface area contributed by atoms with Crippen LogP contribution in [0.25, 0.3) is 11.3 Å². The number of nitrogens with one attached hydrogen (secondary N) is 1. The number of hydrogen-bond donors (Lipinski definition) is 2. The molecule has 2 heterocycles. The van der Waals surface area contributed by atoms with Crippen LogP contribution >= 0.6 is 0 Å². The van der Waals surface area contributed by atoms with Gasteiger partial charge in [0, 0.05) is 18.0 Å². The molecule has 16 heavy (non-hydrogen) atoms. The maximum Gasteiger partial charge on any atom is 0.418 e. The number of rotatable bonds is 1. The first kappa shape index (κ1) is 10.5. The van der Waals surface area contributed by atoms with E-state index < -0.39 is 11.7 Å². The molecule has 0 amide bonds. The van der Waals surface area contributed by atoms with Gasteiger partial charge < -0.3 is 10.7 Å². The molecular weight excluding hydrogens is 221 g/mol. The van der Waals surface area contributed by atoms with Crippen molar-refractivity contribution < 1.29 is 13.2 Å². The van der Waals surface area contributed by atoms with E-state index in [1.54, 1.807) is 0 Å². The molecule has 2 aromatic rings. The number of halogens is 3. The summed E-state index contributed by atoms with van der Waals surface area (Å²) in [6.07, 6.45) is -1.16. The summed E-state index contributed by atoms with van der Waals surface area (Å²) < 4.78 is 37.9. The van der Waals surface area contributed by atoms with Gasteiger partial charge in [-0.05, 0) is 6.07 Å². The van der Waals surface area contributed by atoms with Gasteiger partial charge in [-0.2, -0.15) is 13.2 Å². The fourth-order valence-electron chi connectivity index (χ4n) is 1.33. The summed E-state index contributed by atoms with van der Waals surface area (Å²) in [4.78, 5) is 9.65. The largest absolute Gasteiger partial charge is 0.418 e. The van der Waals surface area contributed by atoms with Crippen LogP contribution in [0.15, 0.2) is 24.7 Å². The van der Waals surface area contributed by atoms with Crippen LogP contribution < -0.4 is 5.73 Å². The van der Waals surface area contributed by atoms with E-state index in [1.807, 2.05) is 0 Å². The second kappa shape index (κ2) is 3.51. The smallest absolute Gasteiger partial charge is 0.369 e. The van der Waals surface area contributed by atoms with E-state index in [-0.39, 0.29) is 17.2 Å². The lowest BCUT2D eigenvalue weighted by Gasteiger charge is -2.10. The van der Waals surface area contributed by atoms with E-state index in [0.29, 0.717) is 0 Å². The predicted molar refractivity (Wildman–Crippen MR) is 51.2 cm³/mol. The molecule has 0 fully saturated rings. The van der Waals surface area contributed by atoms with Gasteiger partial charge in [0.2, 0.25) is 0 Å². The molecule has 7 heteroatoms. The number of aromatic amines is 1. The van der Waals surface area contributed by atoms with Crippen molar-refractivity contribution in [2.45, 2.75) is 6.18 Å². The van der Waals surface area contributed by atoms with E-state index in [4.69, 9.17) is 5.73 Å². The van der Waals surface area contributed by atoms with Crippen LogP contribution in [0.5, 0.6) is 0 Å². The molecule has 0 unspecified atom stereocenters. The Morgan fingerprint density at radius 2 is 2.00 bits per heavy atom. The minimum Gasteiger partial charge on any atom is -0.369 e. The molecule has 0 aliphatic rings. The van der Waals surface area contributed by atoms with E-state index in [9.17, 15) is 13.2 Å². The molecule has 3 N–H and O–H groups in total. The first-order valence-electron chi connectivity index (χ1n) is 4.30. The highest BCUT2D eigenvalue weighted by atomic mass is 19.4. The summed E-state index contributed by atoms with van der Waals surface area (Å²) in [6, 6.07) is 1.26. The minimum atomic E-state index is -4.45. The first-order chi connectivity index (χ1) is 7.48. The number of imidazole rings is 1. The Morgan fingerprint density at radius 3 is 2.56 bits per heavy atom. The Balaban J connectivity index is 2.57. The van der Waals surface area contributed by atoms with Gasteiger partial charge in [-0.25, -0.2) is 4.98 Å². The van der Waals surface area contributed by atoms with Crippen LogP contribution in [0.1, 0.15) is 5.56 Å². The highest BCUT2D eigenvalue weighted by Crippen LogP contribution is 2.35. The topological polar surface area (TPSA) is 67.6 Å². The lowest BCUT2D eigenvalue weighted by atomic mass is 10.1. The highest BCUT2D eigenvalue weighted by Gasteiger charge is 2.34. The van der Waals surface area contributed by atoms with Crippen molar-refractivity contribution >= 4 is 5.95 Å². The number of nitrogens with zero attached hydrogens (tertiary/aromatic N) is 2. The maximum absolute atomic E-state index is 12.6. The molecule has 0 aromatic carbocycles. The molecule has 2 aromatic heterocycles. The Labute approximate surface area is 88.3 Å². The van der Waals surface area contributed by atoms with E-state index in [2.05, 4.69) is 15.0 Å². The van der Waals surface area contributed by atoms with Gasteiger partial charge in [0.25, 0.3) is 0 Å². The fourth-order valence-corrected chi connectivity index (χ4v) is 1.33. The zero-order valence-corrected chi connectivity index (χ0v) is 7.92. The molecule has 0 bridgehead atoms. The normalized spacial score (nSPS) is 11.7. The molecule has 4 nitrogen and oxygen atoms in total. The third kappa shape index (κ3) is 1.83. The summed E-state index contributed by atoms with van der Waals surface area (Å²) in [5, 5.41) is 0. The zero-order chi connectivity index (χ0) is 11.8. The number of aromatic nitrogens is 3. The van der Waals surface area contributed by atoms with Crippen LogP contribution in [-0.4, -0.2) is 15.0 Å². The van der Waals surface area contributed by atoms with E-state index in [1.165, 1.54) is 18.5 Å². The number of anilines is 1. The number of alkyl halides is 3. The Bertz CT molecular complexity index is 503. The van der Waals surface area contributed by atoms with Gasteiger partial charge >= 0.3 is 6.18 Å². The number of H-pyrrole nitrogens is 1. The van der Waals surface area contributed by atoms with Gasteiger partial charge in [-0.1, -0.05) is 0 Å². The van der Waals surface area contributed by atoms with Crippen LogP contribution in [0.4, 0.5) is 19.1 Å². The van der Waals surface area contributed by atoms with Crippen molar-refractivity contribution in [3.8, 4) is 11.3 Å². The molecule has 0 atom stereocenters. The van der Waals surface area contributed by atoms with Crippen LogP contribution in [0.3, 0.4) is 0 Å². The first-order valence-corrected chi connectivity index (χ1v) is 4.30. The fraction of sp³-hybridized carbons (Fsp3) is 0.111. The second-order valence-electron chi connectivity index (χ2n) is 3.10. The van der Waals surface area contributed by atoms with Crippen LogP contribution in [-0.2, 0) is 6.18 Å².